The van der Waals surface area contributed by atoms with Crippen LogP contribution in [0.4, 0.5) is 0 Å². The first kappa shape index (κ1) is 18.9. The third-order valence-corrected chi connectivity index (χ3v) is 4.15. The van der Waals surface area contributed by atoms with Crippen molar-refractivity contribution in [3.05, 3.63) is 76.3 Å². The third kappa shape index (κ3) is 6.93. The molecule has 0 unspecified atom stereocenters. The predicted molar refractivity (Wildman–Crippen MR) is 104 cm³/mol. The van der Waals surface area contributed by atoms with Crippen LogP contribution in [0.15, 0.2) is 65.1 Å². The number of rotatable bonds is 7. The molecule has 0 atom stereocenters. The van der Waals surface area contributed by atoms with E-state index in [1.165, 1.54) is 6.08 Å². The number of hydrogen-bond donors (Lipinski definition) is 1. The summed E-state index contributed by atoms with van der Waals surface area (Å²) in [4.78, 5) is 25.5. The molecular weight excluding hydrogens is 380 g/mol. The van der Waals surface area contributed by atoms with Crippen LogP contribution in [0.1, 0.15) is 17.5 Å². The second-order valence-corrected chi connectivity index (χ2v) is 6.58. The SMILES string of the molecule is CN(Cc1ccc(Br)cc1)C(=O)CCNC(=O)/C=C/c1ccccc1. The number of nitrogens with one attached hydrogen (secondary N) is 1. The lowest BCUT2D eigenvalue weighted by Gasteiger charge is -2.17. The largest absolute Gasteiger partial charge is 0.352 e. The monoisotopic (exact) mass is 400 g/mol. The van der Waals surface area contributed by atoms with Gasteiger partial charge in [-0.3, -0.25) is 9.59 Å². The lowest BCUT2D eigenvalue weighted by Crippen LogP contribution is -2.31. The number of carbonyl (C=O) groups excluding carboxylic acids is 2. The molecule has 25 heavy (non-hydrogen) atoms. The van der Waals surface area contributed by atoms with Gasteiger partial charge in [-0.15, -0.1) is 0 Å². The first-order chi connectivity index (χ1) is 12.0. The highest BCUT2D eigenvalue weighted by molar-refractivity contribution is 9.10. The van der Waals surface area contributed by atoms with Crippen molar-refractivity contribution in [1.29, 1.82) is 0 Å². The average molecular weight is 401 g/mol. The second kappa shape index (κ2) is 9.79. The van der Waals surface area contributed by atoms with Crippen molar-refractivity contribution in [2.45, 2.75) is 13.0 Å². The van der Waals surface area contributed by atoms with Crippen molar-refractivity contribution >= 4 is 33.8 Å². The highest BCUT2D eigenvalue weighted by Gasteiger charge is 2.09. The molecule has 0 aliphatic carbocycles. The first-order valence-corrected chi connectivity index (χ1v) is 8.83. The number of nitrogens with zero attached hydrogens (tertiary/aromatic N) is 1. The van der Waals surface area contributed by atoms with Gasteiger partial charge < -0.3 is 10.2 Å². The summed E-state index contributed by atoms with van der Waals surface area (Å²) >= 11 is 3.39. The molecule has 2 rings (SSSR count). The van der Waals surface area contributed by atoms with Crippen LogP contribution < -0.4 is 5.32 Å². The topological polar surface area (TPSA) is 49.4 Å². The number of amides is 2. The zero-order valence-corrected chi connectivity index (χ0v) is 15.7. The fraction of sp³-hybridized carbons (Fsp3) is 0.200. The van der Waals surface area contributed by atoms with Crippen LogP contribution >= 0.6 is 15.9 Å². The molecule has 1 N–H and O–H groups in total. The summed E-state index contributed by atoms with van der Waals surface area (Å²) in [5.41, 5.74) is 2.02. The minimum atomic E-state index is -0.202. The van der Waals surface area contributed by atoms with Crippen LogP contribution in [0, 0.1) is 0 Å². The normalized spacial score (nSPS) is 10.6. The Morgan fingerprint density at radius 3 is 2.44 bits per heavy atom. The van der Waals surface area contributed by atoms with E-state index in [4.69, 9.17) is 0 Å². The summed E-state index contributed by atoms with van der Waals surface area (Å²) in [5.74, 6) is -0.206. The van der Waals surface area contributed by atoms with E-state index in [1.54, 1.807) is 18.0 Å². The van der Waals surface area contributed by atoms with E-state index in [0.717, 1.165) is 15.6 Å². The number of hydrogen-bond acceptors (Lipinski definition) is 2. The maximum Gasteiger partial charge on any atom is 0.244 e. The predicted octanol–water partition coefficient (Wildman–Crippen LogP) is 3.63. The molecule has 0 heterocycles. The fourth-order valence-electron chi connectivity index (χ4n) is 2.23. The summed E-state index contributed by atoms with van der Waals surface area (Å²) in [6.45, 7) is 0.870. The molecule has 0 saturated heterocycles. The molecule has 0 aromatic heterocycles. The summed E-state index contributed by atoms with van der Waals surface area (Å²) in [5, 5.41) is 2.73. The first-order valence-electron chi connectivity index (χ1n) is 8.04. The molecule has 0 fully saturated rings. The van der Waals surface area contributed by atoms with Crippen LogP contribution in [0.25, 0.3) is 6.08 Å². The molecule has 0 bridgehead atoms. The van der Waals surface area contributed by atoms with Gasteiger partial charge in [0.2, 0.25) is 11.8 Å². The average Bonchev–Trinajstić information content (AvgIpc) is 2.62. The standard InChI is InChI=1S/C20H21BrN2O2/c1-23(15-17-7-10-18(21)11-8-17)20(25)13-14-22-19(24)12-9-16-5-3-2-4-6-16/h2-12H,13-15H2,1H3,(H,22,24)/b12-9+. The van der Waals surface area contributed by atoms with Gasteiger partial charge in [-0.1, -0.05) is 58.4 Å². The summed E-state index contributed by atoms with van der Waals surface area (Å²) < 4.78 is 1.01. The van der Waals surface area contributed by atoms with Crippen molar-refractivity contribution in [3.8, 4) is 0 Å². The van der Waals surface area contributed by atoms with Gasteiger partial charge in [-0.2, -0.15) is 0 Å². The molecule has 0 radical (unpaired) electrons. The van der Waals surface area contributed by atoms with Crippen molar-refractivity contribution in [3.63, 3.8) is 0 Å². The van der Waals surface area contributed by atoms with Gasteiger partial charge in [-0.25, -0.2) is 0 Å². The minimum Gasteiger partial charge on any atom is -0.352 e. The highest BCUT2D eigenvalue weighted by atomic mass is 79.9. The molecule has 0 aliphatic heterocycles. The molecule has 0 saturated carbocycles. The summed E-state index contributed by atoms with van der Waals surface area (Å²) in [7, 11) is 1.77. The molecule has 2 amide bonds. The van der Waals surface area contributed by atoms with Gasteiger partial charge in [0, 0.05) is 37.1 Å². The van der Waals surface area contributed by atoms with Crippen molar-refractivity contribution in [2.24, 2.45) is 0 Å². The number of benzene rings is 2. The van der Waals surface area contributed by atoms with E-state index < -0.39 is 0 Å². The zero-order valence-electron chi connectivity index (χ0n) is 14.1. The number of halogens is 1. The van der Waals surface area contributed by atoms with Gasteiger partial charge in [-0.05, 0) is 29.3 Å². The zero-order chi connectivity index (χ0) is 18.1. The molecule has 2 aromatic carbocycles. The Bertz CT molecular complexity index is 727. The van der Waals surface area contributed by atoms with Gasteiger partial charge in [0.05, 0.1) is 0 Å². The van der Waals surface area contributed by atoms with Crippen LogP contribution in [0.5, 0.6) is 0 Å². The summed E-state index contributed by atoms with van der Waals surface area (Å²) in [6.07, 6.45) is 3.50. The Hall–Kier alpha value is -2.40. The molecule has 4 nitrogen and oxygen atoms in total. The Balaban J connectivity index is 1.71. The smallest absolute Gasteiger partial charge is 0.244 e. The van der Waals surface area contributed by atoms with Crippen LogP contribution in [-0.2, 0) is 16.1 Å². The van der Waals surface area contributed by atoms with Gasteiger partial charge >= 0.3 is 0 Å². The van der Waals surface area contributed by atoms with E-state index >= 15 is 0 Å². The quantitative estimate of drug-likeness (QED) is 0.721. The van der Waals surface area contributed by atoms with Crippen LogP contribution in [0.3, 0.4) is 0 Å². The van der Waals surface area contributed by atoms with E-state index in [1.807, 2.05) is 54.6 Å². The maximum absolute atomic E-state index is 12.1. The maximum atomic E-state index is 12.1. The molecule has 0 spiro atoms. The lowest BCUT2D eigenvalue weighted by atomic mass is 10.2. The lowest BCUT2D eigenvalue weighted by molar-refractivity contribution is -0.130. The van der Waals surface area contributed by atoms with Crippen molar-refractivity contribution < 1.29 is 9.59 Å². The third-order valence-electron chi connectivity index (χ3n) is 3.62. The molecule has 0 aliphatic rings. The minimum absolute atomic E-state index is 0.00439. The fourth-order valence-corrected chi connectivity index (χ4v) is 2.49. The van der Waals surface area contributed by atoms with E-state index in [9.17, 15) is 9.59 Å². The Kier molecular flexibility index (Phi) is 7.41. The molecule has 2 aromatic rings. The van der Waals surface area contributed by atoms with Gasteiger partial charge in [0.25, 0.3) is 0 Å². The van der Waals surface area contributed by atoms with Crippen molar-refractivity contribution in [2.75, 3.05) is 13.6 Å². The van der Waals surface area contributed by atoms with Crippen molar-refractivity contribution in [1.82, 2.24) is 10.2 Å². The highest BCUT2D eigenvalue weighted by Crippen LogP contribution is 2.12. The number of carbonyl (C=O) groups is 2. The molecule has 5 heteroatoms. The van der Waals surface area contributed by atoms with E-state index in [0.29, 0.717) is 13.1 Å². The summed E-state index contributed by atoms with van der Waals surface area (Å²) in [6, 6.07) is 17.4. The Morgan fingerprint density at radius 1 is 1.08 bits per heavy atom. The molecular formula is C20H21BrN2O2. The van der Waals surface area contributed by atoms with E-state index in [2.05, 4.69) is 21.2 Å². The van der Waals surface area contributed by atoms with Gasteiger partial charge in [0.15, 0.2) is 0 Å². The Labute approximate surface area is 156 Å². The van der Waals surface area contributed by atoms with Crippen LogP contribution in [-0.4, -0.2) is 30.3 Å². The second-order valence-electron chi connectivity index (χ2n) is 5.66. The van der Waals surface area contributed by atoms with Crippen LogP contribution in [0.2, 0.25) is 0 Å². The Morgan fingerprint density at radius 2 is 1.76 bits per heavy atom. The molecule has 130 valence electrons. The van der Waals surface area contributed by atoms with E-state index in [-0.39, 0.29) is 18.2 Å². The van der Waals surface area contributed by atoms with Gasteiger partial charge in [0.1, 0.15) is 0 Å².